The fourth-order valence-electron chi connectivity index (χ4n) is 6.26. The zero-order chi connectivity index (χ0) is 29.0. The molecule has 0 saturated carbocycles. The SMILES string of the molecule is C#Cc1c(F)ccc2cc(O)cc(-c3ncc4c(Nc5ccoc5)nc(OC[C@@]56CCCN5C[C@H](F)C6)nc4c3F)c12. The van der Waals surface area contributed by atoms with Gasteiger partial charge in [0, 0.05) is 30.1 Å². The predicted molar refractivity (Wildman–Crippen MR) is 150 cm³/mol. The number of phenols is 1. The van der Waals surface area contributed by atoms with Crippen LogP contribution in [0.3, 0.4) is 0 Å². The molecule has 0 amide bonds. The molecule has 2 saturated heterocycles. The molecule has 0 spiro atoms. The second-order valence-corrected chi connectivity index (χ2v) is 10.7. The molecule has 5 heterocycles. The fourth-order valence-corrected chi connectivity index (χ4v) is 6.26. The van der Waals surface area contributed by atoms with Crippen LogP contribution in [0, 0.1) is 24.0 Å². The molecule has 0 bridgehead atoms. The second-order valence-electron chi connectivity index (χ2n) is 10.7. The Morgan fingerprint density at radius 1 is 1.24 bits per heavy atom. The van der Waals surface area contributed by atoms with Gasteiger partial charge in [-0.25, -0.2) is 13.2 Å². The highest BCUT2D eigenvalue weighted by Crippen LogP contribution is 2.41. The first-order chi connectivity index (χ1) is 20.3. The highest BCUT2D eigenvalue weighted by Gasteiger charge is 2.49. The van der Waals surface area contributed by atoms with Crippen LogP contribution in [0.15, 0.2) is 53.5 Å². The van der Waals surface area contributed by atoms with E-state index in [9.17, 15) is 13.9 Å². The number of nitrogens with one attached hydrogen (secondary N) is 1. The van der Waals surface area contributed by atoms with Crippen LogP contribution in [0.5, 0.6) is 11.8 Å². The zero-order valence-corrected chi connectivity index (χ0v) is 22.2. The summed E-state index contributed by atoms with van der Waals surface area (Å²) >= 11 is 0. The molecule has 7 rings (SSSR count). The Bertz CT molecular complexity index is 1890. The number of pyridine rings is 1. The van der Waals surface area contributed by atoms with Gasteiger partial charge >= 0.3 is 6.01 Å². The number of furan rings is 1. The minimum Gasteiger partial charge on any atom is -0.508 e. The summed E-state index contributed by atoms with van der Waals surface area (Å²) in [5, 5.41) is 14.4. The largest absolute Gasteiger partial charge is 0.508 e. The van der Waals surface area contributed by atoms with Crippen LogP contribution in [0.25, 0.3) is 32.9 Å². The number of hydrogen-bond acceptors (Lipinski definition) is 8. The van der Waals surface area contributed by atoms with E-state index in [-0.39, 0.29) is 57.3 Å². The van der Waals surface area contributed by atoms with E-state index in [2.05, 4.69) is 31.1 Å². The molecular formula is C31H24F3N5O3. The maximum atomic E-state index is 16.5. The lowest BCUT2D eigenvalue weighted by Gasteiger charge is -2.30. The van der Waals surface area contributed by atoms with E-state index in [1.54, 1.807) is 6.07 Å². The molecule has 3 aromatic heterocycles. The second kappa shape index (κ2) is 9.92. The van der Waals surface area contributed by atoms with E-state index in [1.165, 1.54) is 43.0 Å². The van der Waals surface area contributed by atoms with E-state index >= 15 is 4.39 Å². The van der Waals surface area contributed by atoms with Crippen LogP contribution < -0.4 is 10.1 Å². The number of hydrogen-bond donors (Lipinski definition) is 2. The minimum absolute atomic E-state index is 0.0825. The quantitative estimate of drug-likeness (QED) is 0.236. The Labute approximate surface area is 238 Å². The van der Waals surface area contributed by atoms with Gasteiger partial charge in [-0.2, -0.15) is 9.97 Å². The maximum absolute atomic E-state index is 16.5. The number of anilines is 2. The Morgan fingerprint density at radius 3 is 2.93 bits per heavy atom. The van der Waals surface area contributed by atoms with Gasteiger partial charge in [0.2, 0.25) is 0 Å². The summed E-state index contributed by atoms with van der Waals surface area (Å²) in [6.45, 7) is 1.29. The molecule has 2 aromatic carbocycles. The summed E-state index contributed by atoms with van der Waals surface area (Å²) in [5.41, 5.74) is -0.213. The molecule has 0 aliphatic carbocycles. The summed E-state index contributed by atoms with van der Waals surface area (Å²) < 4.78 is 56.7. The van der Waals surface area contributed by atoms with Gasteiger partial charge in [0.15, 0.2) is 5.82 Å². The third-order valence-electron chi connectivity index (χ3n) is 8.13. The van der Waals surface area contributed by atoms with E-state index in [0.717, 1.165) is 19.4 Å². The number of aromatic nitrogens is 3. The van der Waals surface area contributed by atoms with Crippen LogP contribution in [-0.2, 0) is 0 Å². The van der Waals surface area contributed by atoms with Crippen LogP contribution >= 0.6 is 0 Å². The number of alkyl halides is 1. The van der Waals surface area contributed by atoms with Gasteiger partial charge in [-0.3, -0.25) is 9.88 Å². The normalized spacial score (nSPS) is 20.2. The average molecular weight is 572 g/mol. The number of terminal acetylenes is 1. The summed E-state index contributed by atoms with van der Waals surface area (Å²) in [4.78, 5) is 15.3. The number of phenolic OH excluding ortho intramolecular Hbond substituents is 1. The minimum atomic E-state index is -0.939. The molecular weight excluding hydrogens is 547 g/mol. The van der Waals surface area contributed by atoms with Crippen molar-refractivity contribution in [1.82, 2.24) is 19.9 Å². The molecule has 0 radical (unpaired) electrons. The molecule has 2 N–H and O–H groups in total. The lowest BCUT2D eigenvalue weighted by molar-refractivity contribution is 0.107. The van der Waals surface area contributed by atoms with Gasteiger partial charge in [-0.05, 0) is 49.0 Å². The Hall–Kier alpha value is -4.82. The molecule has 212 valence electrons. The Kier molecular flexibility index (Phi) is 6.17. The van der Waals surface area contributed by atoms with Gasteiger partial charge in [0.1, 0.15) is 47.6 Å². The van der Waals surface area contributed by atoms with Gasteiger partial charge in [0.25, 0.3) is 0 Å². The average Bonchev–Trinajstić information content (AvgIpc) is 3.69. The Morgan fingerprint density at radius 2 is 2.12 bits per heavy atom. The summed E-state index contributed by atoms with van der Waals surface area (Å²) in [5.74, 6) is 0.854. The first-order valence-electron chi connectivity index (χ1n) is 13.4. The highest BCUT2D eigenvalue weighted by molar-refractivity contribution is 6.03. The standard InChI is InChI=1S/C31H24F3N5O3/c1-2-21-24(33)5-4-17-10-20(40)11-22(25(17)21)27-26(34)28-23(13-35-27)29(36-19-6-9-41-15-19)38-30(37-28)42-16-31-7-3-8-39(31)14-18(32)12-31/h1,4-6,9-11,13,15,18,40H,3,7-8,12,14,16H2,(H,36,37,38)/t18-,31+/m1/s1. The number of benzene rings is 2. The number of ether oxygens (including phenoxy) is 1. The van der Waals surface area contributed by atoms with E-state index in [1.807, 2.05) is 0 Å². The monoisotopic (exact) mass is 571 g/mol. The molecule has 2 aliphatic heterocycles. The maximum Gasteiger partial charge on any atom is 0.319 e. The van der Waals surface area contributed by atoms with Gasteiger partial charge in [0.05, 0.1) is 28.4 Å². The van der Waals surface area contributed by atoms with Crippen molar-refractivity contribution in [3.05, 3.63) is 66.3 Å². The van der Waals surface area contributed by atoms with Crippen LogP contribution in [0.1, 0.15) is 24.8 Å². The van der Waals surface area contributed by atoms with Gasteiger partial charge in [-0.1, -0.05) is 12.0 Å². The van der Waals surface area contributed by atoms with Crippen molar-refractivity contribution >= 4 is 33.2 Å². The first-order valence-corrected chi connectivity index (χ1v) is 13.4. The lowest BCUT2D eigenvalue weighted by Crippen LogP contribution is -2.43. The van der Waals surface area contributed by atoms with Crippen LogP contribution in [0.2, 0.25) is 0 Å². The zero-order valence-electron chi connectivity index (χ0n) is 22.2. The lowest BCUT2D eigenvalue weighted by atomic mass is 9.95. The number of aromatic hydroxyl groups is 1. The number of halogens is 3. The number of rotatable bonds is 6. The predicted octanol–water partition coefficient (Wildman–Crippen LogP) is 6.10. The molecule has 2 aliphatic rings. The van der Waals surface area contributed by atoms with Crippen molar-refractivity contribution in [1.29, 1.82) is 0 Å². The van der Waals surface area contributed by atoms with Crippen LogP contribution in [-0.4, -0.2) is 56.4 Å². The fraction of sp³-hybridized carbons (Fsp3) is 0.258. The molecule has 11 heteroatoms. The topological polar surface area (TPSA) is 96.5 Å². The van der Waals surface area contributed by atoms with Crippen molar-refractivity contribution in [3.63, 3.8) is 0 Å². The van der Waals surface area contributed by atoms with E-state index in [0.29, 0.717) is 24.0 Å². The summed E-state index contributed by atoms with van der Waals surface area (Å²) in [6.07, 6.45) is 11.0. The van der Waals surface area contributed by atoms with Gasteiger partial charge < -0.3 is 19.6 Å². The van der Waals surface area contributed by atoms with Crippen molar-refractivity contribution in [2.24, 2.45) is 0 Å². The molecule has 0 unspecified atom stereocenters. The third-order valence-corrected chi connectivity index (χ3v) is 8.13. The number of nitrogens with zero attached hydrogens (tertiary/aromatic N) is 4. The molecule has 2 fully saturated rings. The smallest absolute Gasteiger partial charge is 0.319 e. The van der Waals surface area contributed by atoms with E-state index in [4.69, 9.17) is 15.6 Å². The molecule has 2 atom stereocenters. The number of fused-ring (bicyclic) bond motifs is 3. The third kappa shape index (κ3) is 4.26. The summed E-state index contributed by atoms with van der Waals surface area (Å²) in [7, 11) is 0. The van der Waals surface area contributed by atoms with Crippen LogP contribution in [0.4, 0.5) is 24.7 Å². The molecule has 5 aromatic rings. The molecule has 42 heavy (non-hydrogen) atoms. The Balaban J connectivity index is 1.38. The first kappa shape index (κ1) is 26.1. The molecule has 8 nitrogen and oxygen atoms in total. The highest BCUT2D eigenvalue weighted by atomic mass is 19.1. The van der Waals surface area contributed by atoms with Crippen molar-refractivity contribution < 1.29 is 27.4 Å². The van der Waals surface area contributed by atoms with Crippen molar-refractivity contribution in [2.45, 2.75) is 31.0 Å². The van der Waals surface area contributed by atoms with E-state index < -0.39 is 23.3 Å². The van der Waals surface area contributed by atoms with Crippen molar-refractivity contribution in [2.75, 3.05) is 25.0 Å². The summed E-state index contributed by atoms with van der Waals surface area (Å²) in [6, 6.07) is 6.89. The van der Waals surface area contributed by atoms with Gasteiger partial charge in [-0.15, -0.1) is 6.42 Å². The van der Waals surface area contributed by atoms with Crippen molar-refractivity contribution in [3.8, 4) is 35.4 Å².